The van der Waals surface area contributed by atoms with Crippen LogP contribution in [0, 0.1) is 0 Å². The Bertz CT molecular complexity index is 393. The SMILES string of the molecule is CN=C(NCC(=O)N1CCCC1)NC1CC2CCC1O2. The maximum Gasteiger partial charge on any atom is 0.241 e. The minimum absolute atomic E-state index is 0.162. The summed E-state index contributed by atoms with van der Waals surface area (Å²) in [5.74, 6) is 0.869. The van der Waals surface area contributed by atoms with E-state index in [2.05, 4.69) is 15.6 Å². The van der Waals surface area contributed by atoms with E-state index in [1.54, 1.807) is 7.05 Å². The molecule has 3 saturated heterocycles. The van der Waals surface area contributed by atoms with Crippen LogP contribution in [0.2, 0.25) is 0 Å². The van der Waals surface area contributed by atoms with E-state index >= 15 is 0 Å². The third-order valence-corrected chi connectivity index (χ3v) is 4.52. The molecule has 0 saturated carbocycles. The molecule has 3 atom stereocenters. The van der Waals surface area contributed by atoms with Crippen LogP contribution >= 0.6 is 0 Å². The lowest BCUT2D eigenvalue weighted by Gasteiger charge is -2.23. The standard InChI is InChI=1S/C14H24N4O2/c1-15-14(16-9-13(19)18-6-2-3-7-18)17-11-8-10-4-5-12(11)20-10/h10-12H,2-9H2,1H3,(H2,15,16,17). The Morgan fingerprint density at radius 1 is 1.35 bits per heavy atom. The number of likely N-dealkylation sites (tertiary alicyclic amines) is 1. The van der Waals surface area contributed by atoms with Crippen LogP contribution in [-0.2, 0) is 9.53 Å². The predicted octanol–water partition coefficient (Wildman–Crippen LogP) is 0.0937. The molecule has 3 heterocycles. The predicted molar refractivity (Wildman–Crippen MR) is 76.6 cm³/mol. The molecule has 3 fully saturated rings. The molecule has 6 heteroatoms. The van der Waals surface area contributed by atoms with Crippen molar-refractivity contribution in [2.75, 3.05) is 26.7 Å². The van der Waals surface area contributed by atoms with Crippen molar-refractivity contribution in [3.63, 3.8) is 0 Å². The van der Waals surface area contributed by atoms with Crippen LogP contribution in [0.5, 0.6) is 0 Å². The van der Waals surface area contributed by atoms with Crippen LogP contribution in [-0.4, -0.2) is 61.7 Å². The maximum atomic E-state index is 12.0. The summed E-state index contributed by atoms with van der Waals surface area (Å²) in [5, 5.41) is 6.51. The number of hydrogen-bond acceptors (Lipinski definition) is 3. The highest BCUT2D eigenvalue weighted by Gasteiger charge is 2.41. The first-order valence-electron chi connectivity index (χ1n) is 7.66. The lowest BCUT2D eigenvalue weighted by molar-refractivity contribution is -0.128. The largest absolute Gasteiger partial charge is 0.373 e. The molecule has 0 aliphatic carbocycles. The third-order valence-electron chi connectivity index (χ3n) is 4.52. The van der Waals surface area contributed by atoms with Gasteiger partial charge in [0.25, 0.3) is 0 Å². The summed E-state index contributed by atoms with van der Waals surface area (Å²) < 4.78 is 5.82. The summed E-state index contributed by atoms with van der Waals surface area (Å²) in [6.45, 7) is 2.11. The van der Waals surface area contributed by atoms with Crippen molar-refractivity contribution in [3.05, 3.63) is 0 Å². The van der Waals surface area contributed by atoms with E-state index < -0.39 is 0 Å². The number of carbonyl (C=O) groups is 1. The highest BCUT2D eigenvalue weighted by Crippen LogP contribution is 2.34. The van der Waals surface area contributed by atoms with Gasteiger partial charge in [-0.05, 0) is 32.1 Å². The van der Waals surface area contributed by atoms with Crippen molar-refractivity contribution in [3.8, 4) is 0 Å². The average Bonchev–Trinajstić information content (AvgIpc) is 3.18. The zero-order valence-electron chi connectivity index (χ0n) is 12.1. The van der Waals surface area contributed by atoms with E-state index in [9.17, 15) is 4.79 Å². The zero-order chi connectivity index (χ0) is 13.9. The first kappa shape index (κ1) is 13.7. The normalized spacial score (nSPS) is 32.8. The molecular weight excluding hydrogens is 256 g/mol. The van der Waals surface area contributed by atoms with Gasteiger partial charge in [-0.3, -0.25) is 9.79 Å². The maximum absolute atomic E-state index is 12.0. The van der Waals surface area contributed by atoms with E-state index in [-0.39, 0.29) is 5.91 Å². The van der Waals surface area contributed by atoms with Crippen molar-refractivity contribution in [2.24, 2.45) is 4.99 Å². The summed E-state index contributed by atoms with van der Waals surface area (Å²) >= 11 is 0. The number of carbonyl (C=O) groups excluding carboxylic acids is 1. The molecule has 6 nitrogen and oxygen atoms in total. The number of nitrogens with one attached hydrogen (secondary N) is 2. The lowest BCUT2D eigenvalue weighted by Crippen LogP contribution is -2.49. The van der Waals surface area contributed by atoms with Crippen LogP contribution in [0.3, 0.4) is 0 Å². The minimum atomic E-state index is 0.162. The number of guanidine groups is 1. The van der Waals surface area contributed by atoms with E-state index in [1.807, 2.05) is 4.90 Å². The number of aliphatic imine (C=N–C) groups is 1. The Balaban J connectivity index is 1.44. The number of nitrogens with zero attached hydrogens (tertiary/aromatic N) is 2. The van der Waals surface area contributed by atoms with Crippen LogP contribution in [0.15, 0.2) is 4.99 Å². The number of amides is 1. The second kappa shape index (κ2) is 5.99. The zero-order valence-corrected chi connectivity index (χ0v) is 12.1. The topological polar surface area (TPSA) is 66.0 Å². The fourth-order valence-corrected chi connectivity index (χ4v) is 3.40. The Hall–Kier alpha value is -1.30. The Morgan fingerprint density at radius 3 is 2.75 bits per heavy atom. The van der Waals surface area contributed by atoms with Gasteiger partial charge in [-0.2, -0.15) is 0 Å². The van der Waals surface area contributed by atoms with Gasteiger partial charge in [-0.25, -0.2) is 0 Å². The molecule has 0 aromatic carbocycles. The first-order chi connectivity index (χ1) is 9.76. The fraction of sp³-hybridized carbons (Fsp3) is 0.857. The van der Waals surface area contributed by atoms with E-state index in [4.69, 9.17) is 4.74 Å². The molecule has 112 valence electrons. The summed E-state index contributed by atoms with van der Waals surface area (Å²) in [6, 6.07) is 0.335. The quantitative estimate of drug-likeness (QED) is 0.568. The van der Waals surface area contributed by atoms with Crippen molar-refractivity contribution in [2.45, 2.75) is 50.4 Å². The minimum Gasteiger partial charge on any atom is -0.373 e. The monoisotopic (exact) mass is 280 g/mol. The Morgan fingerprint density at radius 2 is 2.15 bits per heavy atom. The molecular formula is C14H24N4O2. The molecule has 2 bridgehead atoms. The second-order valence-corrected chi connectivity index (χ2v) is 5.87. The summed E-state index contributed by atoms with van der Waals surface area (Å²) in [6.07, 6.45) is 6.34. The second-order valence-electron chi connectivity index (χ2n) is 5.87. The average molecular weight is 280 g/mol. The van der Waals surface area contributed by atoms with Gasteiger partial charge in [0.2, 0.25) is 5.91 Å². The lowest BCUT2D eigenvalue weighted by atomic mass is 9.96. The Labute approximate surface area is 119 Å². The van der Waals surface area contributed by atoms with Crippen LogP contribution < -0.4 is 10.6 Å². The molecule has 0 aromatic rings. The Kier molecular flexibility index (Phi) is 4.10. The van der Waals surface area contributed by atoms with Crippen molar-refractivity contribution < 1.29 is 9.53 Å². The molecule has 0 aromatic heterocycles. The van der Waals surface area contributed by atoms with Gasteiger partial charge in [-0.1, -0.05) is 0 Å². The summed E-state index contributed by atoms with van der Waals surface area (Å²) in [5.41, 5.74) is 0. The van der Waals surface area contributed by atoms with Crippen molar-refractivity contribution in [1.29, 1.82) is 0 Å². The van der Waals surface area contributed by atoms with E-state index in [0.29, 0.717) is 30.8 Å². The van der Waals surface area contributed by atoms with Gasteiger partial charge in [0.15, 0.2) is 5.96 Å². The van der Waals surface area contributed by atoms with Crippen LogP contribution in [0.25, 0.3) is 0 Å². The van der Waals surface area contributed by atoms with Gasteiger partial charge in [-0.15, -0.1) is 0 Å². The molecule has 3 unspecified atom stereocenters. The number of rotatable bonds is 3. The van der Waals surface area contributed by atoms with Gasteiger partial charge in [0, 0.05) is 20.1 Å². The molecule has 0 spiro atoms. The molecule has 3 aliphatic heterocycles. The molecule has 20 heavy (non-hydrogen) atoms. The number of ether oxygens (including phenoxy) is 1. The van der Waals surface area contributed by atoms with Gasteiger partial charge < -0.3 is 20.3 Å². The smallest absolute Gasteiger partial charge is 0.241 e. The van der Waals surface area contributed by atoms with Gasteiger partial charge in [0.1, 0.15) is 0 Å². The molecule has 3 aliphatic rings. The summed E-state index contributed by atoms with van der Waals surface area (Å²) in [4.78, 5) is 18.1. The molecule has 3 rings (SSSR count). The van der Waals surface area contributed by atoms with Crippen LogP contribution in [0.4, 0.5) is 0 Å². The van der Waals surface area contributed by atoms with Crippen LogP contribution in [0.1, 0.15) is 32.1 Å². The van der Waals surface area contributed by atoms with Crippen molar-refractivity contribution in [1.82, 2.24) is 15.5 Å². The number of fused-ring (bicyclic) bond motifs is 2. The summed E-state index contributed by atoms with van der Waals surface area (Å²) in [7, 11) is 1.74. The van der Waals surface area contributed by atoms with Gasteiger partial charge >= 0.3 is 0 Å². The highest BCUT2D eigenvalue weighted by atomic mass is 16.5. The molecule has 1 amide bonds. The van der Waals surface area contributed by atoms with Crippen molar-refractivity contribution >= 4 is 11.9 Å². The van der Waals surface area contributed by atoms with Gasteiger partial charge in [0.05, 0.1) is 24.8 Å². The number of hydrogen-bond donors (Lipinski definition) is 2. The fourth-order valence-electron chi connectivity index (χ4n) is 3.40. The van der Waals surface area contributed by atoms with E-state index in [1.165, 1.54) is 6.42 Å². The molecule has 0 radical (unpaired) electrons. The molecule has 2 N–H and O–H groups in total. The van der Waals surface area contributed by atoms with E-state index in [0.717, 1.165) is 38.8 Å². The first-order valence-corrected chi connectivity index (χ1v) is 7.66. The third kappa shape index (κ3) is 2.90. The highest BCUT2D eigenvalue weighted by molar-refractivity contribution is 5.86.